The van der Waals surface area contributed by atoms with Crippen LogP contribution in [0.25, 0.3) is 22.0 Å². The van der Waals surface area contributed by atoms with Crippen molar-refractivity contribution in [3.05, 3.63) is 98.7 Å². The molecule has 3 N–H and O–H groups in total. The highest BCUT2D eigenvalue weighted by atomic mass is 35.5. The molecule has 31 heteroatoms. The molecule has 7 rings (SSSR count). The number of halogens is 11. The molecule has 2 aliphatic carbocycles. The van der Waals surface area contributed by atoms with Crippen LogP contribution in [-0.2, 0) is 78.1 Å². The van der Waals surface area contributed by atoms with E-state index >= 15 is 8.78 Å². The van der Waals surface area contributed by atoms with Crippen LogP contribution >= 0.6 is 19.2 Å². The molecule has 2 unspecified atom stereocenters. The van der Waals surface area contributed by atoms with Crippen LogP contribution in [0.4, 0.5) is 43.9 Å². The minimum absolute atomic E-state index is 0.184. The van der Waals surface area contributed by atoms with Crippen molar-refractivity contribution in [2.45, 2.75) is 87.7 Å². The van der Waals surface area contributed by atoms with E-state index in [1.165, 1.54) is 13.8 Å². The summed E-state index contributed by atoms with van der Waals surface area (Å²) >= 11 is 3.26. The number of amides is 1. The van der Waals surface area contributed by atoms with Crippen LogP contribution in [0.2, 0.25) is 5.02 Å². The topological polar surface area (TPSA) is 239 Å². The van der Waals surface area contributed by atoms with Gasteiger partial charge in [0.2, 0.25) is 5.91 Å². The summed E-state index contributed by atoms with van der Waals surface area (Å²) in [5.74, 6) is -6.39. The number of ether oxygens (including phenoxy) is 1. The SMILES string of the molecule is CC(C)(C#Cc1ccc(-c2ccc(Cl)c3c(CN(COC(=O)CCP(=O)(O)O)S(=O)[O-])nn(CC(F)(F)F)c23)c(C(Cc2cc(F)cc(F)c2)NC(=O)Cn2nc(C(F)(F)F)c3c2C(F)(F)[C@@H]2C[C@H]32)n1)S(C)(=O)=O. The molecule has 4 atom stereocenters. The average molecular weight is 1130 g/mol. The van der Waals surface area contributed by atoms with Crippen LogP contribution in [0, 0.1) is 29.4 Å². The summed E-state index contributed by atoms with van der Waals surface area (Å²) in [6, 6.07) is 4.86. The van der Waals surface area contributed by atoms with Crippen molar-refractivity contribution < 1.29 is 89.8 Å². The normalized spacial score (nSPS) is 17.4. The fraction of sp³-hybridized carbons (Fsp3) is 0.419. The van der Waals surface area contributed by atoms with Crippen molar-refractivity contribution in [1.29, 1.82) is 0 Å². The number of nitrogens with one attached hydrogen (secondary N) is 1. The quantitative estimate of drug-likeness (QED) is 0.0214. The van der Waals surface area contributed by atoms with Gasteiger partial charge in [-0.3, -0.25) is 27.7 Å². The highest BCUT2D eigenvalue weighted by Gasteiger charge is 2.68. The van der Waals surface area contributed by atoms with Gasteiger partial charge in [0.25, 0.3) is 5.92 Å². The van der Waals surface area contributed by atoms with E-state index in [1.807, 2.05) is 0 Å². The highest BCUT2D eigenvalue weighted by Crippen LogP contribution is 2.68. The number of benzene rings is 2. The minimum Gasteiger partial charge on any atom is -0.759 e. The maximum Gasteiger partial charge on any atom is 0.435 e. The molecule has 17 nitrogen and oxygen atoms in total. The number of sulfone groups is 1. The molecular formula is C43H38ClF10N7O10PS2-. The summed E-state index contributed by atoms with van der Waals surface area (Å²) in [4.78, 5) is 49.1. The monoisotopic (exact) mass is 1130 g/mol. The number of hydrogen-bond acceptors (Lipinski definition) is 11. The molecule has 5 aromatic rings. The van der Waals surface area contributed by atoms with Gasteiger partial charge in [-0.1, -0.05) is 23.6 Å². The summed E-state index contributed by atoms with van der Waals surface area (Å²) in [6.45, 7) is -2.88. The average Bonchev–Trinajstić information content (AvgIpc) is 3.77. The largest absolute Gasteiger partial charge is 0.759 e. The van der Waals surface area contributed by atoms with E-state index in [0.717, 1.165) is 42.7 Å². The predicted molar refractivity (Wildman–Crippen MR) is 240 cm³/mol. The number of carbonyl (C=O) groups excluding carboxylic acids is 2. The minimum atomic E-state index is -5.23. The molecule has 0 spiro atoms. The Bertz CT molecular complexity index is 3320. The van der Waals surface area contributed by atoms with Crippen molar-refractivity contribution in [3.63, 3.8) is 0 Å². The molecule has 2 aliphatic rings. The van der Waals surface area contributed by atoms with E-state index in [2.05, 4.69) is 32.3 Å². The van der Waals surface area contributed by atoms with E-state index in [0.29, 0.717) is 15.1 Å². The van der Waals surface area contributed by atoms with E-state index in [9.17, 15) is 66.5 Å². The van der Waals surface area contributed by atoms with Crippen LogP contribution in [0.3, 0.4) is 0 Å². The van der Waals surface area contributed by atoms with Crippen molar-refractivity contribution in [2.24, 2.45) is 5.92 Å². The predicted octanol–water partition coefficient (Wildman–Crippen LogP) is 6.96. The molecule has 2 aromatic carbocycles. The van der Waals surface area contributed by atoms with E-state index in [1.54, 1.807) is 0 Å². The molecule has 3 heterocycles. The van der Waals surface area contributed by atoms with Gasteiger partial charge in [0, 0.05) is 51.6 Å². The third-order valence-electron chi connectivity index (χ3n) is 11.9. The first kappa shape index (κ1) is 56.3. The molecular weight excluding hydrogens is 1100 g/mol. The summed E-state index contributed by atoms with van der Waals surface area (Å²) in [6.07, 6.45) is -12.3. The van der Waals surface area contributed by atoms with Crippen LogP contribution in [-0.4, -0.2) is 97.8 Å². The summed E-state index contributed by atoms with van der Waals surface area (Å²) in [5, 5.41) is 9.06. The Morgan fingerprint density at radius 3 is 2.30 bits per heavy atom. The van der Waals surface area contributed by atoms with Crippen molar-refractivity contribution in [3.8, 4) is 23.0 Å². The highest BCUT2D eigenvalue weighted by molar-refractivity contribution is 7.92. The standard InChI is InChI=1S/C43H39ClF10N7O10PS2/c1-40(2,74(3,69)70)10-8-24-4-5-25(26-6-7-29(44)35-31(57-61(37(26)35)19-41(47,48)49)17-59(73(67)68)20-71-33(63)9-11-72(64,65)66)36(55-24)30(14-21-12-22(45)15-23(46)13-21)56-32(62)18-60-39-34(38(58-60)43(52,53)54)27-16-28(27)42(39,50)51/h4-7,12-13,15,27-28,30H,9,11,14,16-20H2,1-3H3,(H,56,62)(H,67,68)(H2,64,65,66)/p-1/t27-,28+,30?/m0/s1. The lowest BCUT2D eigenvalue weighted by molar-refractivity contribution is -0.146. The Morgan fingerprint density at radius 1 is 1.05 bits per heavy atom. The lowest BCUT2D eigenvalue weighted by atomic mass is 9.93. The van der Waals surface area contributed by atoms with Crippen LogP contribution in [0.1, 0.15) is 78.2 Å². The first-order valence-electron chi connectivity index (χ1n) is 21.4. The van der Waals surface area contributed by atoms with Crippen LogP contribution in [0.5, 0.6) is 0 Å². The lowest BCUT2D eigenvalue weighted by Gasteiger charge is -2.23. The maximum atomic E-state index is 15.6. The Morgan fingerprint density at radius 2 is 1.70 bits per heavy atom. The smallest absolute Gasteiger partial charge is 0.435 e. The Balaban J connectivity index is 1.41. The zero-order valence-electron chi connectivity index (χ0n) is 38.2. The van der Waals surface area contributed by atoms with Gasteiger partial charge in [-0.25, -0.2) is 22.2 Å². The number of hydrogen-bond donors (Lipinski definition) is 3. The molecule has 74 heavy (non-hydrogen) atoms. The molecule has 0 saturated heterocycles. The first-order chi connectivity index (χ1) is 34.0. The molecule has 0 aliphatic heterocycles. The lowest BCUT2D eigenvalue weighted by Crippen LogP contribution is -2.35. The number of rotatable bonds is 17. The molecule has 400 valence electrons. The first-order valence-corrected chi connectivity index (χ1v) is 26.5. The van der Waals surface area contributed by atoms with Gasteiger partial charge in [0.15, 0.2) is 22.3 Å². The Hall–Kier alpha value is -5.47. The number of aromatic nitrogens is 5. The molecule has 1 saturated carbocycles. The summed E-state index contributed by atoms with van der Waals surface area (Å²) in [5.41, 5.74) is -6.19. The summed E-state index contributed by atoms with van der Waals surface area (Å²) < 4.78 is 212. The van der Waals surface area contributed by atoms with Gasteiger partial charge in [0.05, 0.1) is 47.1 Å². The third kappa shape index (κ3) is 12.4. The second-order valence-electron chi connectivity index (χ2n) is 17.8. The van der Waals surface area contributed by atoms with E-state index in [4.69, 9.17) is 26.1 Å². The van der Waals surface area contributed by atoms with Crippen molar-refractivity contribution >= 4 is 63.1 Å². The van der Waals surface area contributed by atoms with E-state index in [-0.39, 0.29) is 43.9 Å². The van der Waals surface area contributed by atoms with Crippen molar-refractivity contribution in [2.75, 3.05) is 19.1 Å². The second-order valence-corrected chi connectivity index (χ2v) is 23.5. The van der Waals surface area contributed by atoms with Crippen LogP contribution in [0.15, 0.2) is 42.5 Å². The molecule has 0 radical (unpaired) electrons. The maximum absolute atomic E-state index is 15.6. The summed E-state index contributed by atoms with van der Waals surface area (Å²) in [7, 11) is -8.62. The molecule has 3 aromatic heterocycles. The van der Waals surface area contributed by atoms with Gasteiger partial charge in [-0.05, 0) is 74.4 Å². The fourth-order valence-corrected chi connectivity index (χ4v) is 9.56. The van der Waals surface area contributed by atoms with Gasteiger partial charge in [-0.15, -0.1) is 0 Å². The van der Waals surface area contributed by atoms with E-state index < -0.39 is 172 Å². The molecule has 1 amide bonds. The third-order valence-corrected chi connectivity index (χ3v) is 15.6. The zero-order valence-corrected chi connectivity index (χ0v) is 41.5. The Kier molecular flexibility index (Phi) is 15.4. The fourth-order valence-electron chi connectivity index (χ4n) is 8.22. The van der Waals surface area contributed by atoms with Crippen molar-refractivity contribution in [1.82, 2.24) is 34.2 Å². The van der Waals surface area contributed by atoms with Gasteiger partial charge < -0.3 is 24.4 Å². The Labute approximate surface area is 420 Å². The molecule has 1 fully saturated rings. The second kappa shape index (κ2) is 20.2. The van der Waals surface area contributed by atoms with Gasteiger partial charge in [0.1, 0.15) is 40.9 Å². The van der Waals surface area contributed by atoms with Gasteiger partial charge in [-0.2, -0.15) is 49.6 Å². The van der Waals surface area contributed by atoms with Gasteiger partial charge >= 0.3 is 25.9 Å². The number of pyridine rings is 1. The number of carbonyl (C=O) groups is 2. The molecule has 0 bridgehead atoms. The number of nitrogens with zero attached hydrogens (tertiary/aromatic N) is 6. The number of esters is 1. The number of alkyl halides is 8. The zero-order chi connectivity index (χ0) is 54.8. The van der Waals surface area contributed by atoms with Crippen LogP contribution < -0.4 is 5.32 Å². The number of fused-ring (bicyclic) bond motifs is 4.